The van der Waals surface area contributed by atoms with Crippen molar-refractivity contribution in [3.05, 3.63) is 29.3 Å². The maximum absolute atomic E-state index is 12.2. The lowest BCUT2D eigenvalue weighted by Gasteiger charge is -2.17. The van der Waals surface area contributed by atoms with Crippen LogP contribution in [0, 0.1) is 0 Å². The molecule has 0 heterocycles. The van der Waals surface area contributed by atoms with E-state index in [4.69, 9.17) is 11.6 Å². The summed E-state index contributed by atoms with van der Waals surface area (Å²) in [5, 5.41) is 3.10. The highest BCUT2D eigenvalue weighted by atomic mass is 35.5. The van der Waals surface area contributed by atoms with Gasteiger partial charge in [-0.15, -0.1) is 0 Å². The minimum atomic E-state index is -3.67. The minimum absolute atomic E-state index is 0.0286. The number of likely N-dealkylation sites (N-methyl/N-ethyl adjacent to an activating group) is 1. The molecule has 0 radical (unpaired) electrons. The average molecular weight is 305 g/mol. The quantitative estimate of drug-likeness (QED) is 0.896. The van der Waals surface area contributed by atoms with Gasteiger partial charge in [0.05, 0.1) is 11.4 Å². The molecule has 1 aromatic carbocycles. The predicted octanol–water partition coefficient (Wildman–Crippen LogP) is 1.49. The Balaban J connectivity index is 2.83. The second-order valence-corrected chi connectivity index (χ2v) is 6.92. The Kier molecular flexibility index (Phi) is 5.34. The Morgan fingerprint density at radius 2 is 1.84 bits per heavy atom. The number of hydrogen-bond donors (Lipinski definition) is 1. The fourth-order valence-corrected chi connectivity index (χ4v) is 2.69. The third kappa shape index (κ3) is 4.49. The number of nitrogens with zero attached hydrogens (tertiary/aromatic N) is 1. The topological polar surface area (TPSA) is 66.5 Å². The Morgan fingerprint density at radius 3 is 2.32 bits per heavy atom. The van der Waals surface area contributed by atoms with Crippen LogP contribution in [0.2, 0.25) is 5.02 Å². The third-order valence-corrected chi connectivity index (χ3v) is 4.41. The summed E-state index contributed by atoms with van der Waals surface area (Å²) in [5.74, 6) is -0.338. The van der Waals surface area contributed by atoms with E-state index in [2.05, 4.69) is 5.32 Å². The predicted molar refractivity (Wildman–Crippen MR) is 74.5 cm³/mol. The molecule has 1 rings (SSSR count). The largest absolute Gasteiger partial charge is 0.353 e. The van der Waals surface area contributed by atoms with Crippen molar-refractivity contribution < 1.29 is 13.2 Å². The SMILES string of the molecule is CC(C)NC(=O)CN(C)S(=O)(=O)c1ccc(Cl)cc1. The number of hydrogen-bond acceptors (Lipinski definition) is 3. The molecule has 0 aliphatic rings. The molecule has 1 aromatic rings. The first-order valence-corrected chi connectivity index (χ1v) is 7.56. The number of carbonyl (C=O) groups excluding carboxylic acids is 1. The van der Waals surface area contributed by atoms with Gasteiger partial charge in [0.25, 0.3) is 0 Å². The van der Waals surface area contributed by atoms with Crippen LogP contribution in [0.15, 0.2) is 29.2 Å². The number of nitrogens with one attached hydrogen (secondary N) is 1. The van der Waals surface area contributed by atoms with Crippen molar-refractivity contribution in [2.45, 2.75) is 24.8 Å². The van der Waals surface area contributed by atoms with Gasteiger partial charge in [0.2, 0.25) is 15.9 Å². The molecule has 0 saturated heterocycles. The van der Waals surface area contributed by atoms with E-state index in [-0.39, 0.29) is 23.4 Å². The molecule has 0 aromatic heterocycles. The van der Waals surface area contributed by atoms with Gasteiger partial charge in [-0.05, 0) is 38.1 Å². The van der Waals surface area contributed by atoms with Gasteiger partial charge in [-0.25, -0.2) is 8.42 Å². The normalized spacial score (nSPS) is 11.9. The second kappa shape index (κ2) is 6.36. The van der Waals surface area contributed by atoms with Gasteiger partial charge in [0.15, 0.2) is 0 Å². The second-order valence-electron chi connectivity index (χ2n) is 4.44. The van der Waals surface area contributed by atoms with Gasteiger partial charge in [0.1, 0.15) is 0 Å². The highest BCUT2D eigenvalue weighted by Crippen LogP contribution is 2.17. The summed E-state index contributed by atoms with van der Waals surface area (Å²) >= 11 is 5.71. The Labute approximate surface area is 118 Å². The molecule has 7 heteroatoms. The number of sulfonamides is 1. The molecular formula is C12H17ClN2O3S. The van der Waals surface area contributed by atoms with Crippen molar-refractivity contribution in [3.63, 3.8) is 0 Å². The standard InChI is InChI=1S/C12H17ClN2O3S/c1-9(2)14-12(16)8-15(3)19(17,18)11-6-4-10(13)5-7-11/h4-7,9H,8H2,1-3H3,(H,14,16). The molecular weight excluding hydrogens is 288 g/mol. The average Bonchev–Trinajstić information content (AvgIpc) is 2.28. The first-order valence-electron chi connectivity index (χ1n) is 5.74. The lowest BCUT2D eigenvalue weighted by atomic mass is 10.4. The third-order valence-electron chi connectivity index (χ3n) is 2.34. The van der Waals surface area contributed by atoms with Crippen molar-refractivity contribution in [3.8, 4) is 0 Å². The van der Waals surface area contributed by atoms with E-state index in [1.165, 1.54) is 31.3 Å². The Morgan fingerprint density at radius 1 is 1.32 bits per heavy atom. The van der Waals surface area contributed by atoms with Crippen LogP contribution in [-0.2, 0) is 14.8 Å². The zero-order valence-corrected chi connectivity index (χ0v) is 12.6. The van der Waals surface area contributed by atoms with Crippen LogP contribution < -0.4 is 5.32 Å². The first-order chi connectivity index (χ1) is 8.73. The highest BCUT2D eigenvalue weighted by Gasteiger charge is 2.22. The Bertz CT molecular complexity index is 541. The summed E-state index contributed by atoms with van der Waals surface area (Å²) < 4.78 is 25.3. The molecule has 19 heavy (non-hydrogen) atoms. The number of amides is 1. The number of benzene rings is 1. The summed E-state index contributed by atoms with van der Waals surface area (Å²) in [6, 6.07) is 5.79. The van der Waals surface area contributed by atoms with Crippen LogP contribution in [0.25, 0.3) is 0 Å². The maximum Gasteiger partial charge on any atom is 0.243 e. The van der Waals surface area contributed by atoms with Crippen molar-refractivity contribution in [1.29, 1.82) is 0 Å². The first kappa shape index (κ1) is 15.9. The zero-order chi connectivity index (χ0) is 14.6. The zero-order valence-electron chi connectivity index (χ0n) is 11.1. The summed E-state index contributed by atoms with van der Waals surface area (Å²) in [7, 11) is -2.31. The van der Waals surface area contributed by atoms with Crippen molar-refractivity contribution in [1.82, 2.24) is 9.62 Å². The molecule has 0 aliphatic carbocycles. The molecule has 0 spiro atoms. The van der Waals surface area contributed by atoms with Gasteiger partial charge < -0.3 is 5.32 Å². The van der Waals surface area contributed by atoms with Crippen molar-refractivity contribution in [2.24, 2.45) is 0 Å². The van der Waals surface area contributed by atoms with Crippen LogP contribution in [0.5, 0.6) is 0 Å². The summed E-state index contributed by atoms with van der Waals surface area (Å²) in [6.07, 6.45) is 0. The van der Waals surface area contributed by atoms with E-state index in [0.717, 1.165) is 4.31 Å². The minimum Gasteiger partial charge on any atom is -0.353 e. The molecule has 0 unspecified atom stereocenters. The molecule has 0 aliphatic heterocycles. The summed E-state index contributed by atoms with van der Waals surface area (Å²) in [6.45, 7) is 3.40. The number of carbonyl (C=O) groups is 1. The van der Waals surface area contributed by atoms with E-state index in [1.807, 2.05) is 13.8 Å². The lowest BCUT2D eigenvalue weighted by molar-refractivity contribution is -0.121. The molecule has 1 amide bonds. The highest BCUT2D eigenvalue weighted by molar-refractivity contribution is 7.89. The van der Waals surface area contributed by atoms with Crippen LogP contribution in [-0.4, -0.2) is 38.3 Å². The molecule has 106 valence electrons. The van der Waals surface area contributed by atoms with E-state index < -0.39 is 10.0 Å². The maximum atomic E-state index is 12.2. The molecule has 0 saturated carbocycles. The van der Waals surface area contributed by atoms with Crippen molar-refractivity contribution >= 4 is 27.5 Å². The monoisotopic (exact) mass is 304 g/mol. The van der Waals surface area contributed by atoms with E-state index >= 15 is 0 Å². The fourth-order valence-electron chi connectivity index (χ4n) is 1.44. The summed E-state index contributed by atoms with van der Waals surface area (Å²) in [5.41, 5.74) is 0. The molecule has 1 N–H and O–H groups in total. The van der Waals surface area contributed by atoms with Crippen LogP contribution >= 0.6 is 11.6 Å². The van der Waals surface area contributed by atoms with Gasteiger partial charge in [-0.3, -0.25) is 4.79 Å². The van der Waals surface area contributed by atoms with Gasteiger partial charge in [-0.2, -0.15) is 4.31 Å². The summed E-state index contributed by atoms with van der Waals surface area (Å²) in [4.78, 5) is 11.7. The van der Waals surface area contributed by atoms with E-state index in [9.17, 15) is 13.2 Å². The smallest absolute Gasteiger partial charge is 0.243 e. The van der Waals surface area contributed by atoms with Crippen LogP contribution in [0.3, 0.4) is 0 Å². The van der Waals surface area contributed by atoms with Crippen LogP contribution in [0.1, 0.15) is 13.8 Å². The molecule has 5 nitrogen and oxygen atoms in total. The lowest BCUT2D eigenvalue weighted by Crippen LogP contribution is -2.40. The van der Waals surface area contributed by atoms with Gasteiger partial charge >= 0.3 is 0 Å². The van der Waals surface area contributed by atoms with E-state index in [1.54, 1.807) is 0 Å². The van der Waals surface area contributed by atoms with Crippen molar-refractivity contribution in [2.75, 3.05) is 13.6 Å². The molecule has 0 atom stereocenters. The molecule has 0 fully saturated rings. The molecule has 0 bridgehead atoms. The van der Waals surface area contributed by atoms with E-state index in [0.29, 0.717) is 5.02 Å². The number of rotatable bonds is 5. The van der Waals surface area contributed by atoms with Crippen LogP contribution in [0.4, 0.5) is 0 Å². The van der Waals surface area contributed by atoms with Gasteiger partial charge in [-0.1, -0.05) is 11.6 Å². The number of halogens is 1. The fraction of sp³-hybridized carbons (Fsp3) is 0.417. The van der Waals surface area contributed by atoms with Gasteiger partial charge in [0, 0.05) is 18.1 Å². The Hall–Kier alpha value is -1.11.